The Morgan fingerprint density at radius 3 is 2.04 bits per heavy atom. The van der Waals surface area contributed by atoms with Gasteiger partial charge in [0.2, 0.25) is 5.69 Å². The zero-order valence-electron chi connectivity index (χ0n) is 25.4. The van der Waals surface area contributed by atoms with E-state index in [2.05, 4.69) is 70.1 Å². The third-order valence-corrected chi connectivity index (χ3v) is 10.0. The summed E-state index contributed by atoms with van der Waals surface area (Å²) in [5, 5.41) is 15.2. The van der Waals surface area contributed by atoms with Gasteiger partial charge in [0.1, 0.15) is 11.6 Å². The predicted molar refractivity (Wildman–Crippen MR) is 197 cm³/mol. The molecule has 0 aliphatic carbocycles. The first kappa shape index (κ1) is 27.7. The molecule has 222 valence electrons. The molecular weight excluding hydrogens is 607 g/mol. The van der Waals surface area contributed by atoms with Gasteiger partial charge in [-0.2, -0.15) is 5.26 Å². The zero-order valence-corrected chi connectivity index (χ0v) is 26.2. The molecule has 9 rings (SSSR count). The normalized spacial score (nSPS) is 11.3. The van der Waals surface area contributed by atoms with Crippen LogP contribution in [-0.4, -0.2) is 14.5 Å². The third kappa shape index (κ3) is 4.22. The Kier molecular flexibility index (Phi) is 6.36. The summed E-state index contributed by atoms with van der Waals surface area (Å²) < 4.78 is 4.67. The fourth-order valence-electron chi connectivity index (χ4n) is 6.76. The third-order valence-electron chi connectivity index (χ3n) is 8.88. The first-order valence-electron chi connectivity index (χ1n) is 15.5. The van der Waals surface area contributed by atoms with Gasteiger partial charge in [0.15, 0.2) is 5.82 Å². The first-order valence-corrected chi connectivity index (χ1v) is 16.3. The van der Waals surface area contributed by atoms with Crippen molar-refractivity contribution in [2.24, 2.45) is 0 Å². The molecule has 6 heteroatoms. The smallest absolute Gasteiger partial charge is 0.211 e. The second-order valence-corrected chi connectivity index (χ2v) is 12.6. The van der Waals surface area contributed by atoms with Crippen LogP contribution < -0.4 is 0 Å². The van der Waals surface area contributed by atoms with Gasteiger partial charge in [0.05, 0.1) is 34.7 Å². The fourth-order valence-corrected chi connectivity index (χ4v) is 7.87. The first-order chi connectivity index (χ1) is 23.7. The summed E-state index contributed by atoms with van der Waals surface area (Å²) in [4.78, 5) is 13.9. The highest BCUT2D eigenvalue weighted by Gasteiger charge is 2.22. The summed E-state index contributed by atoms with van der Waals surface area (Å²) in [6.07, 6.45) is 0. The van der Waals surface area contributed by atoms with Gasteiger partial charge < -0.3 is 4.57 Å². The average molecular weight is 630 g/mol. The molecule has 0 spiro atoms. The second kappa shape index (κ2) is 11.0. The molecule has 0 atom stereocenters. The standard InChI is InChI=1S/C42H23N5S/c1-44-33-24-28(40-32(25-43)39(26-12-4-2-5-13-26)45-42(46-40)27-14-6-3-7-15-27)20-22-35(33)47-34-18-10-8-16-29(34)30-21-23-37-38(41(30)47)31-17-9-11-19-36(31)48-37/h2-24H. The number of rotatable bonds is 4. The van der Waals surface area contributed by atoms with Crippen molar-refractivity contribution in [2.75, 3.05) is 0 Å². The maximum Gasteiger partial charge on any atom is 0.211 e. The summed E-state index contributed by atoms with van der Waals surface area (Å²) in [5.41, 5.74) is 7.15. The Morgan fingerprint density at radius 1 is 0.625 bits per heavy atom. The van der Waals surface area contributed by atoms with E-state index in [0.29, 0.717) is 34.0 Å². The van der Waals surface area contributed by atoms with Crippen molar-refractivity contribution in [3.63, 3.8) is 0 Å². The van der Waals surface area contributed by atoms with Crippen LogP contribution in [0.2, 0.25) is 0 Å². The lowest BCUT2D eigenvalue weighted by Gasteiger charge is -2.15. The van der Waals surface area contributed by atoms with Crippen LogP contribution in [0.3, 0.4) is 0 Å². The maximum absolute atomic E-state index is 10.5. The van der Waals surface area contributed by atoms with Gasteiger partial charge in [0, 0.05) is 42.1 Å². The average Bonchev–Trinajstić information content (AvgIpc) is 3.70. The Hall–Kier alpha value is -6.60. The molecule has 0 amide bonds. The summed E-state index contributed by atoms with van der Waals surface area (Å²) in [6.45, 7) is 8.39. The largest absolute Gasteiger partial charge is 0.318 e. The van der Waals surface area contributed by atoms with E-state index in [0.717, 1.165) is 38.6 Å². The molecule has 0 radical (unpaired) electrons. The van der Waals surface area contributed by atoms with Gasteiger partial charge in [-0.05, 0) is 35.9 Å². The summed E-state index contributed by atoms with van der Waals surface area (Å²) in [6, 6.07) is 49.0. The summed E-state index contributed by atoms with van der Waals surface area (Å²) in [7, 11) is 0. The van der Waals surface area contributed by atoms with Crippen LogP contribution in [0, 0.1) is 17.9 Å². The van der Waals surface area contributed by atoms with Gasteiger partial charge in [-0.3, -0.25) is 0 Å². The molecule has 48 heavy (non-hydrogen) atoms. The van der Waals surface area contributed by atoms with Crippen molar-refractivity contribution in [3.05, 3.63) is 157 Å². The van der Waals surface area contributed by atoms with Crippen LogP contribution in [-0.2, 0) is 0 Å². The van der Waals surface area contributed by atoms with E-state index in [1.54, 1.807) is 11.3 Å². The van der Waals surface area contributed by atoms with Gasteiger partial charge in [-0.25, -0.2) is 14.8 Å². The molecular formula is C42H23N5S. The number of aromatic nitrogens is 3. The molecule has 0 saturated carbocycles. The Bertz CT molecular complexity index is 2800. The lowest BCUT2D eigenvalue weighted by Crippen LogP contribution is -2.01. The Morgan fingerprint density at radius 2 is 1.29 bits per heavy atom. The topological polar surface area (TPSA) is 58.9 Å². The van der Waals surface area contributed by atoms with Crippen molar-refractivity contribution >= 4 is 59.0 Å². The van der Waals surface area contributed by atoms with E-state index in [1.807, 2.05) is 84.9 Å². The minimum atomic E-state index is 0.368. The summed E-state index contributed by atoms with van der Waals surface area (Å²) in [5.74, 6) is 0.519. The number of para-hydroxylation sites is 1. The van der Waals surface area contributed by atoms with E-state index in [4.69, 9.17) is 16.5 Å². The van der Waals surface area contributed by atoms with Crippen molar-refractivity contribution < 1.29 is 0 Å². The van der Waals surface area contributed by atoms with Crippen molar-refractivity contribution in [3.8, 4) is 45.7 Å². The van der Waals surface area contributed by atoms with E-state index in [9.17, 15) is 5.26 Å². The maximum atomic E-state index is 10.5. The van der Waals surface area contributed by atoms with Crippen molar-refractivity contribution in [1.29, 1.82) is 5.26 Å². The number of nitrogens with zero attached hydrogens (tertiary/aromatic N) is 5. The minimum Gasteiger partial charge on any atom is -0.318 e. The van der Waals surface area contributed by atoms with Crippen LogP contribution >= 0.6 is 11.3 Å². The minimum absolute atomic E-state index is 0.368. The molecule has 0 saturated heterocycles. The number of nitriles is 1. The summed E-state index contributed by atoms with van der Waals surface area (Å²) >= 11 is 1.78. The highest BCUT2D eigenvalue weighted by Crippen LogP contribution is 2.45. The number of benzene rings is 6. The number of fused-ring (bicyclic) bond motifs is 7. The quantitative estimate of drug-likeness (QED) is 0.182. The molecule has 0 fully saturated rings. The lowest BCUT2D eigenvalue weighted by molar-refractivity contribution is 1.16. The Labute approximate surface area is 280 Å². The molecule has 9 aromatic rings. The molecule has 3 heterocycles. The zero-order chi connectivity index (χ0) is 32.2. The van der Waals surface area contributed by atoms with Crippen LogP contribution in [0.15, 0.2) is 140 Å². The van der Waals surface area contributed by atoms with E-state index < -0.39 is 0 Å². The van der Waals surface area contributed by atoms with Crippen molar-refractivity contribution in [2.45, 2.75) is 0 Å². The highest BCUT2D eigenvalue weighted by atomic mass is 32.1. The molecule has 0 aliphatic rings. The molecule has 0 N–H and O–H groups in total. The second-order valence-electron chi connectivity index (χ2n) is 11.6. The van der Waals surface area contributed by atoms with E-state index >= 15 is 0 Å². The highest BCUT2D eigenvalue weighted by molar-refractivity contribution is 7.26. The molecule has 0 bridgehead atoms. The fraction of sp³-hybridized carbons (Fsp3) is 0. The van der Waals surface area contributed by atoms with E-state index in [-0.39, 0.29) is 0 Å². The SMILES string of the molecule is [C-]#[N+]c1cc(-c2nc(-c3ccccc3)nc(-c3ccccc3)c2C#N)ccc1-n1c2ccccc2c2ccc3sc4ccccc4c3c21. The van der Waals surface area contributed by atoms with Gasteiger partial charge in [-0.15, -0.1) is 11.3 Å². The van der Waals surface area contributed by atoms with Gasteiger partial charge in [0.25, 0.3) is 0 Å². The van der Waals surface area contributed by atoms with E-state index in [1.165, 1.54) is 20.2 Å². The van der Waals surface area contributed by atoms with Gasteiger partial charge >= 0.3 is 0 Å². The monoisotopic (exact) mass is 629 g/mol. The molecule has 5 nitrogen and oxygen atoms in total. The Balaban J connectivity index is 1.33. The predicted octanol–water partition coefficient (Wildman–Crippen LogP) is 11.4. The van der Waals surface area contributed by atoms with Crippen LogP contribution in [0.4, 0.5) is 5.69 Å². The molecule has 0 unspecified atom stereocenters. The molecule has 0 aliphatic heterocycles. The van der Waals surface area contributed by atoms with Crippen LogP contribution in [0.5, 0.6) is 0 Å². The van der Waals surface area contributed by atoms with Crippen molar-refractivity contribution in [1.82, 2.24) is 14.5 Å². The number of thiophene rings is 1. The number of hydrogen-bond donors (Lipinski definition) is 0. The molecule has 3 aromatic heterocycles. The number of hydrogen-bond acceptors (Lipinski definition) is 4. The van der Waals surface area contributed by atoms with Crippen LogP contribution in [0.1, 0.15) is 5.56 Å². The van der Waals surface area contributed by atoms with Crippen LogP contribution in [0.25, 0.3) is 86.4 Å². The molecule has 6 aromatic carbocycles. The lowest BCUT2D eigenvalue weighted by atomic mass is 9.99. The van der Waals surface area contributed by atoms with Gasteiger partial charge in [-0.1, -0.05) is 109 Å².